The summed E-state index contributed by atoms with van der Waals surface area (Å²) in [6, 6.07) is 1.43. The third-order valence-corrected chi connectivity index (χ3v) is 5.01. The van der Waals surface area contributed by atoms with Gasteiger partial charge in [0.1, 0.15) is 0 Å². The van der Waals surface area contributed by atoms with E-state index in [0.29, 0.717) is 26.3 Å². The van der Waals surface area contributed by atoms with Gasteiger partial charge in [0.2, 0.25) is 0 Å². The highest BCUT2D eigenvalue weighted by atomic mass is 19.4. The number of methoxy groups -OCH3 is 1. The number of halogens is 4. The van der Waals surface area contributed by atoms with Crippen molar-refractivity contribution in [2.45, 2.75) is 31.0 Å². The van der Waals surface area contributed by atoms with Crippen LogP contribution in [-0.4, -0.2) is 72.1 Å². The fraction of sp³-hybridized carbons (Fsp3) is 0.611. The number of hydrogen-bond acceptors (Lipinski definition) is 5. The molecule has 7 nitrogen and oxygen atoms in total. The van der Waals surface area contributed by atoms with Crippen molar-refractivity contribution in [3.8, 4) is 0 Å². The quantitative estimate of drug-likeness (QED) is 0.753. The molecule has 2 heterocycles. The normalized spacial score (nSPS) is 24.2. The molecule has 1 aromatic rings. The SMILES string of the molecule is COC[C@H]1CCC[C@]12CN(C(=O)c1ccncc1F)CCO2.O=C(O)C(F)(F)F. The molecule has 1 N–H and O–H groups in total. The minimum Gasteiger partial charge on any atom is -0.475 e. The van der Waals surface area contributed by atoms with Gasteiger partial charge in [-0.25, -0.2) is 9.18 Å². The van der Waals surface area contributed by atoms with E-state index < -0.39 is 18.0 Å². The molecule has 1 spiro atoms. The Morgan fingerprint density at radius 3 is 2.72 bits per heavy atom. The van der Waals surface area contributed by atoms with E-state index in [1.165, 1.54) is 12.3 Å². The predicted octanol–water partition coefficient (Wildman–Crippen LogP) is 2.51. The van der Waals surface area contributed by atoms with E-state index in [4.69, 9.17) is 19.4 Å². The lowest BCUT2D eigenvalue weighted by atomic mass is 9.89. The van der Waals surface area contributed by atoms with E-state index in [9.17, 15) is 22.4 Å². The van der Waals surface area contributed by atoms with E-state index in [2.05, 4.69) is 4.98 Å². The van der Waals surface area contributed by atoms with Crippen molar-refractivity contribution in [1.82, 2.24) is 9.88 Å². The van der Waals surface area contributed by atoms with Gasteiger partial charge >= 0.3 is 12.1 Å². The number of hydrogen-bond donors (Lipinski definition) is 1. The van der Waals surface area contributed by atoms with Gasteiger partial charge in [-0.05, 0) is 18.9 Å². The van der Waals surface area contributed by atoms with Crippen LogP contribution in [0, 0.1) is 11.7 Å². The molecule has 2 atom stereocenters. The Kier molecular flexibility index (Phi) is 7.53. The Labute approximate surface area is 164 Å². The van der Waals surface area contributed by atoms with Crippen LogP contribution >= 0.6 is 0 Å². The average Bonchev–Trinajstić information content (AvgIpc) is 3.03. The Balaban J connectivity index is 0.000000370. The van der Waals surface area contributed by atoms with Gasteiger partial charge in [-0.3, -0.25) is 9.78 Å². The zero-order valence-corrected chi connectivity index (χ0v) is 15.7. The lowest BCUT2D eigenvalue weighted by molar-refractivity contribution is -0.192. The first-order valence-corrected chi connectivity index (χ1v) is 8.92. The first kappa shape index (κ1) is 23.0. The molecule has 1 aliphatic carbocycles. The third-order valence-electron chi connectivity index (χ3n) is 5.01. The number of carboxylic acids is 1. The monoisotopic (exact) mass is 422 g/mol. The van der Waals surface area contributed by atoms with Crippen LogP contribution in [0.15, 0.2) is 18.5 Å². The molecule has 0 bridgehead atoms. The topological polar surface area (TPSA) is 89.0 Å². The molecule has 1 aliphatic heterocycles. The number of rotatable bonds is 3. The zero-order chi connectivity index (χ0) is 21.7. The lowest BCUT2D eigenvalue weighted by Crippen LogP contribution is -2.56. The van der Waals surface area contributed by atoms with Crippen molar-refractivity contribution in [2.24, 2.45) is 5.92 Å². The highest BCUT2D eigenvalue weighted by molar-refractivity contribution is 5.94. The number of carbonyl (C=O) groups is 2. The number of pyridine rings is 1. The molecule has 1 saturated heterocycles. The van der Waals surface area contributed by atoms with Gasteiger partial charge < -0.3 is 19.5 Å². The van der Waals surface area contributed by atoms with Gasteiger partial charge in [0.25, 0.3) is 5.91 Å². The second-order valence-electron chi connectivity index (χ2n) is 6.84. The van der Waals surface area contributed by atoms with Crippen LogP contribution in [0.5, 0.6) is 0 Å². The van der Waals surface area contributed by atoms with E-state index >= 15 is 0 Å². The minimum atomic E-state index is -5.08. The van der Waals surface area contributed by atoms with E-state index in [0.717, 1.165) is 25.5 Å². The summed E-state index contributed by atoms with van der Waals surface area (Å²) in [4.78, 5) is 26.9. The van der Waals surface area contributed by atoms with Crippen molar-refractivity contribution in [1.29, 1.82) is 0 Å². The van der Waals surface area contributed by atoms with Crippen LogP contribution in [-0.2, 0) is 14.3 Å². The molecule has 2 aliphatic rings. The van der Waals surface area contributed by atoms with Gasteiger partial charge in [-0.1, -0.05) is 6.42 Å². The van der Waals surface area contributed by atoms with Crippen LogP contribution in [0.3, 0.4) is 0 Å². The van der Waals surface area contributed by atoms with Crippen LogP contribution in [0.2, 0.25) is 0 Å². The maximum absolute atomic E-state index is 13.8. The summed E-state index contributed by atoms with van der Waals surface area (Å²) in [6.45, 7) is 2.11. The zero-order valence-electron chi connectivity index (χ0n) is 15.7. The number of amides is 1. The summed E-state index contributed by atoms with van der Waals surface area (Å²) in [6.07, 6.45) is 0.464. The summed E-state index contributed by atoms with van der Waals surface area (Å²) in [5.41, 5.74) is -0.263. The molecule has 0 radical (unpaired) electrons. The molecule has 2 fully saturated rings. The van der Waals surface area contributed by atoms with Gasteiger partial charge in [0.05, 0.1) is 37.1 Å². The molecule has 11 heteroatoms. The first-order chi connectivity index (χ1) is 13.6. The molecule has 29 heavy (non-hydrogen) atoms. The van der Waals surface area contributed by atoms with Gasteiger partial charge in [0, 0.05) is 25.8 Å². The summed E-state index contributed by atoms with van der Waals surface area (Å²) in [5.74, 6) is -3.33. The number of morpholine rings is 1. The largest absolute Gasteiger partial charge is 0.490 e. The number of aliphatic carboxylic acids is 1. The Hall–Kier alpha value is -2.27. The lowest BCUT2D eigenvalue weighted by Gasteiger charge is -2.44. The molecular weight excluding hydrogens is 400 g/mol. The standard InChI is InChI=1S/C16H21FN2O3.C2HF3O2/c1-21-10-12-3-2-5-16(12)11-19(7-8-22-16)15(20)13-4-6-18-9-14(13)17;3-2(4,5)1(6)7/h4,6,9,12H,2-3,5,7-8,10-11H2,1H3;(H,6,7)/t12-,16+;/m1./s1. The van der Waals surface area contributed by atoms with Gasteiger partial charge in [0.15, 0.2) is 5.82 Å². The van der Waals surface area contributed by atoms with Gasteiger partial charge in [-0.15, -0.1) is 0 Å². The maximum atomic E-state index is 13.8. The Morgan fingerprint density at radius 1 is 1.45 bits per heavy atom. The Morgan fingerprint density at radius 2 is 2.14 bits per heavy atom. The number of alkyl halides is 3. The summed E-state index contributed by atoms with van der Waals surface area (Å²) in [5, 5.41) is 7.12. The number of ether oxygens (including phenoxy) is 2. The summed E-state index contributed by atoms with van der Waals surface area (Å²) >= 11 is 0. The predicted molar refractivity (Wildman–Crippen MR) is 91.7 cm³/mol. The van der Waals surface area contributed by atoms with Crippen LogP contribution < -0.4 is 0 Å². The number of carboxylic acid groups (broad SMARTS) is 1. The van der Waals surface area contributed by atoms with Crippen molar-refractivity contribution >= 4 is 11.9 Å². The molecule has 1 amide bonds. The van der Waals surface area contributed by atoms with Crippen LogP contribution in [0.4, 0.5) is 17.6 Å². The number of carbonyl (C=O) groups excluding carboxylic acids is 1. The molecule has 3 rings (SSSR count). The van der Waals surface area contributed by atoms with Crippen molar-refractivity contribution < 1.29 is 41.7 Å². The van der Waals surface area contributed by atoms with E-state index in [1.54, 1.807) is 12.0 Å². The molecule has 1 saturated carbocycles. The number of aromatic nitrogens is 1. The van der Waals surface area contributed by atoms with Crippen molar-refractivity contribution in [2.75, 3.05) is 33.4 Å². The van der Waals surface area contributed by atoms with Crippen LogP contribution in [0.1, 0.15) is 29.6 Å². The fourth-order valence-electron chi connectivity index (χ4n) is 3.65. The smallest absolute Gasteiger partial charge is 0.475 e. The molecule has 1 aromatic heterocycles. The van der Waals surface area contributed by atoms with E-state index in [1.807, 2.05) is 0 Å². The second kappa shape index (κ2) is 9.49. The second-order valence-corrected chi connectivity index (χ2v) is 6.84. The highest BCUT2D eigenvalue weighted by Crippen LogP contribution is 2.41. The maximum Gasteiger partial charge on any atom is 0.490 e. The minimum absolute atomic E-state index is 0.0772. The Bertz CT molecular complexity index is 730. The first-order valence-electron chi connectivity index (χ1n) is 8.92. The van der Waals surface area contributed by atoms with Crippen LogP contribution in [0.25, 0.3) is 0 Å². The highest BCUT2D eigenvalue weighted by Gasteiger charge is 2.48. The molecule has 0 aromatic carbocycles. The molecule has 0 unspecified atom stereocenters. The third kappa shape index (κ3) is 5.63. The van der Waals surface area contributed by atoms with Crippen molar-refractivity contribution in [3.05, 3.63) is 29.8 Å². The average molecular weight is 422 g/mol. The molecule has 162 valence electrons. The number of nitrogens with zero attached hydrogens (tertiary/aromatic N) is 2. The fourth-order valence-corrected chi connectivity index (χ4v) is 3.65. The molecular formula is C18H22F4N2O5. The van der Waals surface area contributed by atoms with Crippen molar-refractivity contribution in [3.63, 3.8) is 0 Å². The van der Waals surface area contributed by atoms with E-state index in [-0.39, 0.29) is 23.0 Å². The summed E-state index contributed by atoms with van der Waals surface area (Å²) < 4.78 is 56.9. The summed E-state index contributed by atoms with van der Waals surface area (Å²) in [7, 11) is 1.68. The van der Waals surface area contributed by atoms with Gasteiger partial charge in [-0.2, -0.15) is 13.2 Å².